The number of aliphatic hydroxyl groups excluding tert-OH is 1. The first kappa shape index (κ1) is 14.3. The molecule has 3 rings (SSSR count). The summed E-state index contributed by atoms with van der Waals surface area (Å²) >= 11 is 0. The first-order valence-electron chi connectivity index (χ1n) is 6.57. The molecule has 1 aliphatic heterocycles. The second-order valence-corrected chi connectivity index (χ2v) is 6.67. The Morgan fingerprint density at radius 1 is 1.05 bits per heavy atom. The number of aliphatic hydroxyl groups is 1. The molecule has 5 nitrogen and oxygen atoms in total. The largest absolute Gasteiger partial charge is 0.505 e. The molecule has 2 aromatic carbocycles. The minimum Gasteiger partial charge on any atom is -0.505 e. The number of carbonyl (C=O) groups is 1. The summed E-state index contributed by atoms with van der Waals surface area (Å²) in [7, 11) is -3.87. The summed E-state index contributed by atoms with van der Waals surface area (Å²) in [5.74, 6) is -0.938. The Balaban J connectivity index is 2.19. The molecule has 0 aliphatic carbocycles. The SMILES string of the molecule is Cc1ccc(C(O)=C2NS(=O)(=O)c3ccccc3C2=O)cc1. The van der Waals surface area contributed by atoms with Crippen molar-refractivity contribution in [3.63, 3.8) is 0 Å². The third kappa shape index (κ3) is 2.27. The predicted molar refractivity (Wildman–Crippen MR) is 81.8 cm³/mol. The van der Waals surface area contributed by atoms with Gasteiger partial charge in [-0.05, 0) is 19.1 Å². The maximum atomic E-state index is 12.4. The number of hydrogen-bond acceptors (Lipinski definition) is 4. The van der Waals surface area contributed by atoms with Crippen molar-refractivity contribution >= 4 is 21.6 Å². The first-order chi connectivity index (χ1) is 10.4. The van der Waals surface area contributed by atoms with E-state index in [1.165, 1.54) is 12.1 Å². The average Bonchev–Trinajstić information content (AvgIpc) is 2.51. The summed E-state index contributed by atoms with van der Waals surface area (Å²) in [5.41, 5.74) is 1.08. The van der Waals surface area contributed by atoms with Crippen LogP contribution in [0.5, 0.6) is 0 Å². The van der Waals surface area contributed by atoms with E-state index in [9.17, 15) is 18.3 Å². The molecule has 1 heterocycles. The lowest BCUT2D eigenvalue weighted by atomic mass is 10.0. The molecule has 0 aromatic heterocycles. The highest BCUT2D eigenvalue weighted by atomic mass is 32.2. The van der Waals surface area contributed by atoms with Crippen LogP contribution >= 0.6 is 0 Å². The highest BCUT2D eigenvalue weighted by molar-refractivity contribution is 7.90. The Hall–Kier alpha value is -2.60. The van der Waals surface area contributed by atoms with Gasteiger partial charge in [-0.3, -0.25) is 9.52 Å². The summed E-state index contributed by atoms with van der Waals surface area (Å²) in [6.07, 6.45) is 0. The number of sulfonamides is 1. The molecular formula is C16H13NO4S. The van der Waals surface area contributed by atoms with E-state index in [4.69, 9.17) is 0 Å². The molecular weight excluding hydrogens is 302 g/mol. The molecule has 0 amide bonds. The maximum absolute atomic E-state index is 12.4. The lowest BCUT2D eigenvalue weighted by Gasteiger charge is -2.20. The maximum Gasteiger partial charge on any atom is 0.262 e. The van der Waals surface area contributed by atoms with Gasteiger partial charge in [-0.1, -0.05) is 42.0 Å². The standard InChI is InChI=1S/C16H13NO4S/c1-10-6-8-11(9-7-10)15(18)14-16(19)12-4-2-3-5-13(12)22(20,21)17-14/h2-9,17-18H,1H3. The number of Topliss-reactive ketones (excluding diaryl/α,β-unsaturated/α-hetero) is 1. The quantitative estimate of drug-likeness (QED) is 0.625. The van der Waals surface area contributed by atoms with E-state index < -0.39 is 15.8 Å². The van der Waals surface area contributed by atoms with Crippen molar-refractivity contribution in [3.05, 3.63) is 70.9 Å². The summed E-state index contributed by atoms with van der Waals surface area (Å²) in [6.45, 7) is 1.89. The van der Waals surface area contributed by atoms with Gasteiger partial charge in [0, 0.05) is 11.1 Å². The van der Waals surface area contributed by atoms with E-state index in [0.717, 1.165) is 5.56 Å². The van der Waals surface area contributed by atoms with Crippen LogP contribution in [0.2, 0.25) is 0 Å². The van der Waals surface area contributed by atoms with E-state index in [0.29, 0.717) is 5.56 Å². The van der Waals surface area contributed by atoms with Gasteiger partial charge in [-0.25, -0.2) is 8.42 Å². The van der Waals surface area contributed by atoms with Crippen LogP contribution in [0.1, 0.15) is 21.5 Å². The molecule has 6 heteroatoms. The van der Waals surface area contributed by atoms with Crippen molar-refractivity contribution in [2.45, 2.75) is 11.8 Å². The highest BCUT2D eigenvalue weighted by Crippen LogP contribution is 2.27. The van der Waals surface area contributed by atoms with Gasteiger partial charge in [-0.2, -0.15) is 0 Å². The molecule has 0 saturated carbocycles. The number of fused-ring (bicyclic) bond motifs is 1. The zero-order valence-corrected chi connectivity index (χ0v) is 12.5. The van der Waals surface area contributed by atoms with Gasteiger partial charge >= 0.3 is 0 Å². The molecule has 112 valence electrons. The van der Waals surface area contributed by atoms with Gasteiger partial charge in [-0.15, -0.1) is 0 Å². The van der Waals surface area contributed by atoms with Crippen LogP contribution in [-0.2, 0) is 10.0 Å². The van der Waals surface area contributed by atoms with Crippen molar-refractivity contribution < 1.29 is 18.3 Å². The zero-order valence-electron chi connectivity index (χ0n) is 11.7. The van der Waals surface area contributed by atoms with Gasteiger partial charge in [0.1, 0.15) is 5.70 Å². The molecule has 2 N–H and O–H groups in total. The Morgan fingerprint density at radius 2 is 1.68 bits per heavy atom. The minimum absolute atomic E-state index is 0.0508. The lowest BCUT2D eigenvalue weighted by Crippen LogP contribution is -2.35. The molecule has 0 fully saturated rings. The van der Waals surface area contributed by atoms with Crippen molar-refractivity contribution in [1.82, 2.24) is 4.72 Å². The summed E-state index contributed by atoms with van der Waals surface area (Å²) < 4.78 is 26.6. The molecule has 0 atom stereocenters. The second-order valence-electron chi connectivity index (χ2n) is 5.02. The number of ketones is 1. The van der Waals surface area contributed by atoms with E-state index >= 15 is 0 Å². The van der Waals surface area contributed by atoms with Crippen LogP contribution in [0, 0.1) is 6.92 Å². The molecule has 0 unspecified atom stereocenters. The highest BCUT2D eigenvalue weighted by Gasteiger charge is 2.34. The van der Waals surface area contributed by atoms with Crippen LogP contribution in [-0.4, -0.2) is 19.3 Å². The normalized spacial score (nSPS) is 18.3. The Labute approximate surface area is 128 Å². The van der Waals surface area contributed by atoms with Gasteiger partial charge in [0.05, 0.1) is 4.90 Å². The summed E-state index contributed by atoms with van der Waals surface area (Å²) in [6, 6.07) is 12.7. The monoisotopic (exact) mass is 315 g/mol. The molecule has 0 bridgehead atoms. The van der Waals surface area contributed by atoms with E-state index in [1.54, 1.807) is 36.4 Å². The predicted octanol–water partition coefficient (Wildman–Crippen LogP) is 2.40. The number of nitrogens with one attached hydrogen (secondary N) is 1. The Morgan fingerprint density at radius 3 is 2.36 bits per heavy atom. The number of rotatable bonds is 1. The van der Waals surface area contributed by atoms with Gasteiger partial charge in [0.25, 0.3) is 10.0 Å². The molecule has 0 saturated heterocycles. The fourth-order valence-electron chi connectivity index (χ4n) is 2.27. The third-order valence-corrected chi connectivity index (χ3v) is 4.85. The first-order valence-corrected chi connectivity index (χ1v) is 8.05. The van der Waals surface area contributed by atoms with E-state index in [-0.39, 0.29) is 21.9 Å². The van der Waals surface area contributed by atoms with Crippen LogP contribution in [0.25, 0.3) is 5.76 Å². The Kier molecular flexibility index (Phi) is 3.26. The van der Waals surface area contributed by atoms with Crippen molar-refractivity contribution in [1.29, 1.82) is 0 Å². The number of hydrogen-bond donors (Lipinski definition) is 2. The molecule has 2 aromatic rings. The van der Waals surface area contributed by atoms with Crippen LogP contribution in [0.15, 0.2) is 59.1 Å². The van der Waals surface area contributed by atoms with Gasteiger partial charge < -0.3 is 5.11 Å². The molecule has 0 radical (unpaired) electrons. The number of benzene rings is 2. The number of carbonyl (C=O) groups excluding carboxylic acids is 1. The van der Waals surface area contributed by atoms with E-state index in [1.807, 2.05) is 6.92 Å². The molecule has 22 heavy (non-hydrogen) atoms. The Bertz CT molecular complexity index is 896. The molecule has 1 aliphatic rings. The van der Waals surface area contributed by atoms with Gasteiger partial charge in [0.15, 0.2) is 5.76 Å². The topological polar surface area (TPSA) is 83.5 Å². The van der Waals surface area contributed by atoms with E-state index in [2.05, 4.69) is 4.72 Å². The number of aryl methyl sites for hydroxylation is 1. The van der Waals surface area contributed by atoms with Crippen LogP contribution < -0.4 is 4.72 Å². The lowest BCUT2D eigenvalue weighted by molar-refractivity contribution is 0.102. The minimum atomic E-state index is -3.87. The summed E-state index contributed by atoms with van der Waals surface area (Å²) in [4.78, 5) is 12.4. The fourth-order valence-corrected chi connectivity index (χ4v) is 3.55. The molecule has 0 spiro atoms. The second kappa shape index (κ2) is 4.99. The zero-order chi connectivity index (χ0) is 15.9. The summed E-state index contributed by atoms with van der Waals surface area (Å²) in [5, 5.41) is 10.3. The van der Waals surface area contributed by atoms with Crippen molar-refractivity contribution in [2.24, 2.45) is 0 Å². The fraction of sp³-hybridized carbons (Fsp3) is 0.0625. The van der Waals surface area contributed by atoms with Crippen LogP contribution in [0.4, 0.5) is 0 Å². The average molecular weight is 315 g/mol. The van der Waals surface area contributed by atoms with Crippen molar-refractivity contribution in [3.8, 4) is 0 Å². The van der Waals surface area contributed by atoms with Crippen LogP contribution in [0.3, 0.4) is 0 Å². The third-order valence-electron chi connectivity index (χ3n) is 3.45. The number of allylic oxidation sites excluding steroid dienone is 1. The van der Waals surface area contributed by atoms with Gasteiger partial charge in [0.2, 0.25) is 5.78 Å². The van der Waals surface area contributed by atoms with Crippen molar-refractivity contribution in [2.75, 3.05) is 0 Å². The smallest absolute Gasteiger partial charge is 0.262 e.